The van der Waals surface area contributed by atoms with Crippen LogP contribution in [0.4, 0.5) is 0 Å². The molecule has 1 heterocycles. The van der Waals surface area contributed by atoms with Gasteiger partial charge in [0.2, 0.25) is 0 Å². The highest BCUT2D eigenvalue weighted by molar-refractivity contribution is 6.00. The molecule has 0 N–H and O–H groups in total. The molecule has 0 saturated carbocycles. The number of aromatic nitrogens is 2. The van der Waals surface area contributed by atoms with Gasteiger partial charge in [0, 0.05) is 25.2 Å². The predicted molar refractivity (Wildman–Crippen MR) is 89.7 cm³/mol. The number of rotatable bonds is 5. The van der Waals surface area contributed by atoms with Gasteiger partial charge < -0.3 is 4.74 Å². The maximum atomic E-state index is 12.5. The van der Waals surface area contributed by atoms with Crippen molar-refractivity contribution < 1.29 is 9.53 Å². The zero-order valence-corrected chi connectivity index (χ0v) is 13.2. The Labute approximate surface area is 135 Å². The highest BCUT2D eigenvalue weighted by Gasteiger charge is 2.14. The van der Waals surface area contributed by atoms with Crippen LogP contribution in [0.2, 0.25) is 0 Å². The van der Waals surface area contributed by atoms with E-state index in [9.17, 15) is 4.79 Å². The second-order valence-corrected chi connectivity index (χ2v) is 5.40. The molecule has 4 nitrogen and oxygen atoms in total. The van der Waals surface area contributed by atoms with E-state index in [-0.39, 0.29) is 5.78 Å². The summed E-state index contributed by atoms with van der Waals surface area (Å²) in [5, 5.41) is 4.17. The largest absolute Gasteiger partial charge is 0.496 e. The van der Waals surface area contributed by atoms with Gasteiger partial charge in [-0.05, 0) is 23.3 Å². The molecule has 4 heteroatoms. The molecule has 0 aliphatic heterocycles. The van der Waals surface area contributed by atoms with Gasteiger partial charge in [0.1, 0.15) is 5.75 Å². The number of carbonyl (C=O) groups excluding carboxylic acids is 1. The van der Waals surface area contributed by atoms with Crippen molar-refractivity contribution in [3.05, 3.63) is 72.1 Å². The van der Waals surface area contributed by atoms with Gasteiger partial charge in [-0.25, -0.2) is 0 Å². The van der Waals surface area contributed by atoms with Crippen molar-refractivity contribution in [3.63, 3.8) is 0 Å². The van der Waals surface area contributed by atoms with Crippen molar-refractivity contribution in [3.8, 4) is 16.9 Å². The molecule has 0 bridgehead atoms. The minimum Gasteiger partial charge on any atom is -0.496 e. The first-order valence-electron chi connectivity index (χ1n) is 7.41. The highest BCUT2D eigenvalue weighted by atomic mass is 16.5. The van der Waals surface area contributed by atoms with Crippen molar-refractivity contribution in [2.45, 2.75) is 6.42 Å². The van der Waals surface area contributed by atoms with Crippen LogP contribution in [0.1, 0.15) is 15.9 Å². The van der Waals surface area contributed by atoms with Crippen LogP contribution < -0.4 is 4.74 Å². The van der Waals surface area contributed by atoms with E-state index in [1.54, 1.807) is 18.0 Å². The lowest BCUT2D eigenvalue weighted by Crippen LogP contribution is -2.06. The van der Waals surface area contributed by atoms with E-state index in [2.05, 4.69) is 5.10 Å². The monoisotopic (exact) mass is 306 g/mol. The third-order valence-electron chi connectivity index (χ3n) is 3.75. The summed E-state index contributed by atoms with van der Waals surface area (Å²) in [6.07, 6.45) is 4.09. The molecule has 0 unspecified atom stereocenters. The summed E-state index contributed by atoms with van der Waals surface area (Å²) in [5.74, 6) is 0.637. The minimum absolute atomic E-state index is 0.0470. The van der Waals surface area contributed by atoms with E-state index >= 15 is 0 Å². The zero-order chi connectivity index (χ0) is 16.2. The van der Waals surface area contributed by atoms with Gasteiger partial charge in [-0.3, -0.25) is 9.48 Å². The summed E-state index contributed by atoms with van der Waals surface area (Å²) in [6, 6.07) is 15.4. The minimum atomic E-state index is 0.0470. The standard InChI is InChI=1S/C19H18N2O2/c1-21-13-16(12-20-21)15-8-9-17(19(11-15)23-2)18(22)10-14-6-4-3-5-7-14/h3-9,11-13H,10H2,1-2H3. The second kappa shape index (κ2) is 6.48. The first-order chi connectivity index (χ1) is 11.2. The van der Waals surface area contributed by atoms with Gasteiger partial charge in [0.05, 0.1) is 18.9 Å². The molecule has 0 amide bonds. The lowest BCUT2D eigenvalue weighted by Gasteiger charge is -2.09. The molecule has 0 aliphatic rings. The molecule has 0 radical (unpaired) electrons. The maximum absolute atomic E-state index is 12.5. The number of hydrogen-bond acceptors (Lipinski definition) is 3. The molecule has 116 valence electrons. The Morgan fingerprint density at radius 3 is 2.57 bits per heavy atom. The van der Waals surface area contributed by atoms with E-state index in [4.69, 9.17) is 4.74 Å². The molecular weight excluding hydrogens is 288 g/mol. The predicted octanol–water partition coefficient (Wildman–Crippen LogP) is 3.52. The van der Waals surface area contributed by atoms with E-state index in [0.717, 1.165) is 16.7 Å². The molecule has 1 aromatic heterocycles. The third-order valence-corrected chi connectivity index (χ3v) is 3.75. The van der Waals surface area contributed by atoms with Gasteiger partial charge in [-0.2, -0.15) is 5.10 Å². The highest BCUT2D eigenvalue weighted by Crippen LogP contribution is 2.28. The number of benzene rings is 2. The number of ether oxygens (including phenoxy) is 1. The van der Waals surface area contributed by atoms with E-state index in [0.29, 0.717) is 17.7 Å². The summed E-state index contributed by atoms with van der Waals surface area (Å²) in [7, 11) is 3.46. The summed E-state index contributed by atoms with van der Waals surface area (Å²) in [5.41, 5.74) is 3.57. The van der Waals surface area contributed by atoms with Crippen LogP contribution in [0.3, 0.4) is 0 Å². The summed E-state index contributed by atoms with van der Waals surface area (Å²) in [6.45, 7) is 0. The Bertz CT molecular complexity index is 822. The second-order valence-electron chi connectivity index (χ2n) is 5.40. The van der Waals surface area contributed by atoms with Crippen molar-refractivity contribution in [1.29, 1.82) is 0 Å². The molecule has 2 aromatic carbocycles. The zero-order valence-electron chi connectivity index (χ0n) is 13.2. The average molecular weight is 306 g/mol. The Morgan fingerprint density at radius 1 is 1.13 bits per heavy atom. The van der Waals surface area contributed by atoms with Gasteiger partial charge >= 0.3 is 0 Å². The Hall–Kier alpha value is -2.88. The van der Waals surface area contributed by atoms with Crippen molar-refractivity contribution in [2.24, 2.45) is 7.05 Å². The quantitative estimate of drug-likeness (QED) is 0.677. The molecule has 0 fully saturated rings. The number of methoxy groups -OCH3 is 1. The van der Waals surface area contributed by atoms with Crippen LogP contribution in [-0.2, 0) is 13.5 Å². The third kappa shape index (κ3) is 3.31. The lowest BCUT2D eigenvalue weighted by atomic mass is 9.99. The molecule has 0 spiro atoms. The molecule has 3 aromatic rings. The van der Waals surface area contributed by atoms with Crippen molar-refractivity contribution in [1.82, 2.24) is 9.78 Å². The molecule has 0 atom stereocenters. The SMILES string of the molecule is COc1cc(-c2cnn(C)c2)ccc1C(=O)Cc1ccccc1. The fourth-order valence-electron chi connectivity index (χ4n) is 2.55. The maximum Gasteiger partial charge on any atom is 0.170 e. The van der Waals surface area contributed by atoms with Crippen LogP contribution in [0.25, 0.3) is 11.1 Å². The van der Waals surface area contributed by atoms with Crippen molar-refractivity contribution in [2.75, 3.05) is 7.11 Å². The fraction of sp³-hybridized carbons (Fsp3) is 0.158. The first-order valence-corrected chi connectivity index (χ1v) is 7.41. The van der Waals surface area contributed by atoms with Crippen LogP contribution >= 0.6 is 0 Å². The van der Waals surface area contributed by atoms with Crippen LogP contribution in [0, 0.1) is 0 Å². The number of nitrogens with zero attached hydrogens (tertiary/aromatic N) is 2. The molecular formula is C19H18N2O2. The Morgan fingerprint density at radius 2 is 1.91 bits per heavy atom. The van der Waals surface area contributed by atoms with E-state index < -0.39 is 0 Å². The van der Waals surface area contributed by atoms with Crippen molar-refractivity contribution >= 4 is 5.78 Å². The van der Waals surface area contributed by atoms with E-state index in [1.165, 1.54) is 0 Å². The van der Waals surface area contributed by atoms with Gasteiger partial charge in [-0.15, -0.1) is 0 Å². The molecule has 23 heavy (non-hydrogen) atoms. The normalized spacial score (nSPS) is 10.5. The number of carbonyl (C=O) groups is 1. The summed E-state index contributed by atoms with van der Waals surface area (Å²) >= 11 is 0. The summed E-state index contributed by atoms with van der Waals surface area (Å²) < 4.78 is 7.17. The van der Waals surface area contributed by atoms with E-state index in [1.807, 2.05) is 61.8 Å². The molecule has 0 aliphatic carbocycles. The first kappa shape index (κ1) is 15.0. The van der Waals surface area contributed by atoms with Gasteiger partial charge in [0.15, 0.2) is 5.78 Å². The number of ketones is 1. The molecule has 3 rings (SSSR count). The Kier molecular flexibility index (Phi) is 4.24. The average Bonchev–Trinajstić information content (AvgIpc) is 3.01. The van der Waals surface area contributed by atoms with Crippen LogP contribution in [-0.4, -0.2) is 22.7 Å². The number of aryl methyl sites for hydroxylation is 1. The topological polar surface area (TPSA) is 44.1 Å². The van der Waals surface area contributed by atoms with Gasteiger partial charge in [-0.1, -0.05) is 36.4 Å². The van der Waals surface area contributed by atoms with Gasteiger partial charge in [0.25, 0.3) is 0 Å². The fourth-order valence-corrected chi connectivity index (χ4v) is 2.55. The number of Topliss-reactive ketones (excluding diaryl/α,β-unsaturated/α-hetero) is 1. The summed E-state index contributed by atoms with van der Waals surface area (Å²) in [4.78, 5) is 12.5. The number of hydrogen-bond donors (Lipinski definition) is 0. The van der Waals surface area contributed by atoms with Crippen LogP contribution in [0.15, 0.2) is 60.9 Å². The smallest absolute Gasteiger partial charge is 0.170 e. The van der Waals surface area contributed by atoms with Crippen LogP contribution in [0.5, 0.6) is 5.75 Å². The lowest BCUT2D eigenvalue weighted by molar-refractivity contribution is 0.0990. The Balaban J connectivity index is 1.89. The molecule has 0 saturated heterocycles.